The van der Waals surface area contributed by atoms with Gasteiger partial charge in [0.1, 0.15) is 12.7 Å². The second-order valence-electron chi connectivity index (χ2n) is 8.26. The van der Waals surface area contributed by atoms with Crippen LogP contribution in [-0.4, -0.2) is 49.5 Å². The molecule has 1 unspecified atom stereocenters. The molecular weight excluding hydrogens is 364 g/mol. The number of rotatable bonds is 10. The van der Waals surface area contributed by atoms with Crippen LogP contribution in [0.5, 0.6) is 11.5 Å². The van der Waals surface area contributed by atoms with Gasteiger partial charge in [-0.3, -0.25) is 0 Å². The van der Waals surface area contributed by atoms with Crippen molar-refractivity contribution in [2.45, 2.75) is 43.9 Å². The van der Waals surface area contributed by atoms with E-state index in [9.17, 15) is 5.11 Å². The number of benzene rings is 2. The first-order valence-corrected chi connectivity index (χ1v) is 10.7. The molecule has 1 saturated carbocycles. The zero-order valence-electron chi connectivity index (χ0n) is 17.3. The van der Waals surface area contributed by atoms with Gasteiger partial charge >= 0.3 is 0 Å². The van der Waals surface area contributed by atoms with Gasteiger partial charge in [-0.25, -0.2) is 0 Å². The van der Waals surface area contributed by atoms with Gasteiger partial charge in [0, 0.05) is 18.6 Å². The predicted molar refractivity (Wildman–Crippen MR) is 114 cm³/mol. The lowest BCUT2D eigenvalue weighted by Gasteiger charge is -2.21. The Morgan fingerprint density at radius 2 is 1.83 bits per heavy atom. The lowest BCUT2D eigenvalue weighted by molar-refractivity contribution is 0.0747. The largest absolute Gasteiger partial charge is 0.493 e. The molecule has 0 aromatic heterocycles. The number of likely N-dealkylation sites (tertiary alicyclic amines) is 1. The summed E-state index contributed by atoms with van der Waals surface area (Å²) in [5, 5.41) is 14.0. The molecule has 0 bridgehead atoms. The minimum Gasteiger partial charge on any atom is -0.493 e. The molecule has 0 amide bonds. The Hall–Kier alpha value is -2.08. The van der Waals surface area contributed by atoms with Crippen LogP contribution in [0.25, 0.3) is 0 Å². The summed E-state index contributed by atoms with van der Waals surface area (Å²) in [5.74, 6) is 1.39. The van der Waals surface area contributed by atoms with Crippen molar-refractivity contribution in [3.63, 3.8) is 0 Å². The number of ether oxygens (including phenoxy) is 2. The number of hydrogen-bond donors (Lipinski definition) is 2. The molecule has 1 aliphatic heterocycles. The zero-order valence-corrected chi connectivity index (χ0v) is 17.3. The first-order chi connectivity index (χ1) is 14.2. The van der Waals surface area contributed by atoms with E-state index in [1.165, 1.54) is 31.2 Å². The molecule has 5 heteroatoms. The Labute approximate surface area is 173 Å². The van der Waals surface area contributed by atoms with Gasteiger partial charge in [-0.2, -0.15) is 0 Å². The van der Waals surface area contributed by atoms with Crippen LogP contribution < -0.4 is 14.8 Å². The van der Waals surface area contributed by atoms with Crippen LogP contribution >= 0.6 is 0 Å². The van der Waals surface area contributed by atoms with E-state index in [0.29, 0.717) is 18.0 Å². The average molecular weight is 397 g/mol. The fourth-order valence-electron chi connectivity index (χ4n) is 4.16. The van der Waals surface area contributed by atoms with Crippen LogP contribution in [0.3, 0.4) is 0 Å². The Balaban J connectivity index is 1.32. The highest BCUT2D eigenvalue weighted by Crippen LogP contribution is 2.45. The maximum Gasteiger partial charge on any atom is 0.161 e. The molecule has 2 aromatic carbocycles. The summed E-state index contributed by atoms with van der Waals surface area (Å²) >= 11 is 0. The summed E-state index contributed by atoms with van der Waals surface area (Å²) in [6, 6.07) is 16.7. The number of methoxy groups -OCH3 is 1. The summed E-state index contributed by atoms with van der Waals surface area (Å²) in [6.45, 7) is 3.88. The van der Waals surface area contributed by atoms with Crippen LogP contribution in [-0.2, 0) is 12.1 Å². The summed E-state index contributed by atoms with van der Waals surface area (Å²) in [7, 11) is 1.66. The lowest BCUT2D eigenvalue weighted by atomic mass is 10.0. The van der Waals surface area contributed by atoms with Crippen LogP contribution in [0.4, 0.5) is 0 Å². The van der Waals surface area contributed by atoms with E-state index >= 15 is 0 Å². The number of aliphatic hydroxyl groups excluding tert-OH is 1. The summed E-state index contributed by atoms with van der Waals surface area (Å²) in [4.78, 5) is 2.29. The molecule has 0 radical (unpaired) electrons. The third-order valence-corrected chi connectivity index (χ3v) is 6.03. The maximum atomic E-state index is 10.3. The molecule has 5 nitrogen and oxygen atoms in total. The Bertz CT molecular complexity index is 786. The van der Waals surface area contributed by atoms with E-state index in [1.807, 2.05) is 12.1 Å². The minimum atomic E-state index is -0.486. The summed E-state index contributed by atoms with van der Waals surface area (Å²) < 4.78 is 11.4. The molecule has 1 aliphatic carbocycles. The number of hydrogen-bond acceptors (Lipinski definition) is 5. The fraction of sp³-hybridized carbons (Fsp3) is 0.500. The third kappa shape index (κ3) is 5.10. The van der Waals surface area contributed by atoms with E-state index in [0.717, 1.165) is 25.2 Å². The average Bonchev–Trinajstić information content (AvgIpc) is 3.39. The Morgan fingerprint density at radius 3 is 2.52 bits per heavy atom. The van der Waals surface area contributed by atoms with Gasteiger partial charge in [0.2, 0.25) is 0 Å². The molecule has 2 N–H and O–H groups in total. The standard InChI is InChI=1S/C24H32N2O3/c1-28-23-15-19(16-25-24(11-12-24)20-7-3-2-4-8-20)9-10-22(23)29-18-21(27)17-26-13-5-6-14-26/h2-4,7-10,15,21,25,27H,5-6,11-14,16-18H2,1H3. The first kappa shape index (κ1) is 20.2. The molecule has 2 fully saturated rings. The smallest absolute Gasteiger partial charge is 0.161 e. The number of aliphatic hydroxyl groups is 1. The van der Waals surface area contributed by atoms with Crippen molar-refractivity contribution in [2.24, 2.45) is 0 Å². The number of nitrogens with one attached hydrogen (secondary N) is 1. The van der Waals surface area contributed by atoms with Crippen LogP contribution in [0.2, 0.25) is 0 Å². The Kier molecular flexibility index (Phi) is 6.38. The fourth-order valence-corrected chi connectivity index (χ4v) is 4.16. The van der Waals surface area contributed by atoms with Gasteiger partial charge in [0.15, 0.2) is 11.5 Å². The van der Waals surface area contributed by atoms with Crippen molar-refractivity contribution in [1.82, 2.24) is 10.2 Å². The normalized spacial score (nSPS) is 19.1. The first-order valence-electron chi connectivity index (χ1n) is 10.7. The van der Waals surface area contributed by atoms with Crippen molar-refractivity contribution in [1.29, 1.82) is 0 Å². The maximum absolute atomic E-state index is 10.3. The van der Waals surface area contributed by atoms with Crippen LogP contribution in [0, 0.1) is 0 Å². The molecule has 4 rings (SSSR count). The van der Waals surface area contributed by atoms with Crippen molar-refractivity contribution in [3.8, 4) is 11.5 Å². The van der Waals surface area contributed by atoms with E-state index in [1.54, 1.807) is 7.11 Å². The van der Waals surface area contributed by atoms with Crippen molar-refractivity contribution >= 4 is 0 Å². The van der Waals surface area contributed by atoms with Crippen LogP contribution in [0.15, 0.2) is 48.5 Å². The van der Waals surface area contributed by atoms with Gasteiger partial charge in [-0.1, -0.05) is 36.4 Å². The SMILES string of the molecule is COc1cc(CNC2(c3ccccc3)CC2)ccc1OCC(O)CN1CCCC1. The third-order valence-electron chi connectivity index (χ3n) is 6.03. The molecule has 2 aromatic rings. The van der Waals surface area contributed by atoms with Crippen LogP contribution in [0.1, 0.15) is 36.8 Å². The monoisotopic (exact) mass is 396 g/mol. The second-order valence-corrected chi connectivity index (χ2v) is 8.26. The van der Waals surface area contributed by atoms with Crippen molar-refractivity contribution in [3.05, 3.63) is 59.7 Å². The van der Waals surface area contributed by atoms with Gasteiger partial charge in [0.05, 0.1) is 7.11 Å². The highest BCUT2D eigenvalue weighted by molar-refractivity contribution is 5.43. The summed E-state index contributed by atoms with van der Waals surface area (Å²) in [5.41, 5.74) is 2.64. The van der Waals surface area contributed by atoms with E-state index in [4.69, 9.17) is 9.47 Å². The highest BCUT2D eigenvalue weighted by Gasteiger charge is 2.43. The minimum absolute atomic E-state index is 0.114. The molecule has 1 atom stereocenters. The number of nitrogens with zero attached hydrogens (tertiary/aromatic N) is 1. The second kappa shape index (κ2) is 9.16. The molecule has 0 spiro atoms. The molecule has 1 heterocycles. The van der Waals surface area contributed by atoms with Gasteiger partial charge < -0.3 is 24.8 Å². The van der Waals surface area contributed by atoms with Gasteiger partial charge in [0.25, 0.3) is 0 Å². The zero-order chi connectivity index (χ0) is 20.1. The summed E-state index contributed by atoms with van der Waals surface area (Å²) in [6.07, 6.45) is 4.30. The van der Waals surface area contributed by atoms with Crippen molar-refractivity contribution in [2.75, 3.05) is 33.4 Å². The topological polar surface area (TPSA) is 54.0 Å². The van der Waals surface area contributed by atoms with E-state index in [2.05, 4.69) is 46.6 Å². The van der Waals surface area contributed by atoms with Gasteiger partial charge in [-0.15, -0.1) is 0 Å². The molecule has 29 heavy (non-hydrogen) atoms. The molecule has 2 aliphatic rings. The highest BCUT2D eigenvalue weighted by atomic mass is 16.5. The number of β-amino-alcohol motifs (C(OH)–C–C–N with tert-alkyl or cyclic N) is 1. The quantitative estimate of drug-likeness (QED) is 0.645. The molecule has 1 saturated heterocycles. The van der Waals surface area contributed by atoms with E-state index in [-0.39, 0.29) is 12.1 Å². The Morgan fingerprint density at radius 1 is 1.07 bits per heavy atom. The molecule has 156 valence electrons. The van der Waals surface area contributed by atoms with E-state index < -0.39 is 6.10 Å². The lowest BCUT2D eigenvalue weighted by Crippen LogP contribution is -2.33. The van der Waals surface area contributed by atoms with Gasteiger partial charge in [-0.05, 0) is 62.0 Å². The van der Waals surface area contributed by atoms with Crippen molar-refractivity contribution < 1.29 is 14.6 Å². The predicted octanol–water partition coefficient (Wildman–Crippen LogP) is 3.31. The molecular formula is C24H32N2O3.